The van der Waals surface area contributed by atoms with Crippen molar-refractivity contribution in [1.82, 2.24) is 9.21 Å². The normalized spacial score (nSPS) is 15.8. The van der Waals surface area contributed by atoms with Crippen molar-refractivity contribution in [3.63, 3.8) is 0 Å². The molecule has 1 aliphatic rings. The van der Waals surface area contributed by atoms with Crippen molar-refractivity contribution < 1.29 is 17.6 Å². The molecule has 26 heavy (non-hydrogen) atoms. The van der Waals surface area contributed by atoms with Gasteiger partial charge in [-0.25, -0.2) is 12.8 Å². The van der Waals surface area contributed by atoms with Gasteiger partial charge in [0.2, 0.25) is 15.9 Å². The van der Waals surface area contributed by atoms with E-state index >= 15 is 0 Å². The molecule has 0 atom stereocenters. The highest BCUT2D eigenvalue weighted by Gasteiger charge is 2.31. The number of amides is 1. The molecule has 0 spiro atoms. The zero-order valence-corrected chi connectivity index (χ0v) is 15.5. The Hall–Kier alpha value is -1.96. The van der Waals surface area contributed by atoms with Gasteiger partial charge in [0.15, 0.2) is 0 Å². The monoisotopic (exact) mass is 396 g/mol. The van der Waals surface area contributed by atoms with E-state index in [4.69, 9.17) is 11.6 Å². The lowest BCUT2D eigenvalue weighted by molar-refractivity contribution is -0.131. The van der Waals surface area contributed by atoms with Crippen LogP contribution in [-0.2, 0) is 21.2 Å². The number of hydrogen-bond acceptors (Lipinski definition) is 3. The number of rotatable bonds is 4. The number of halogens is 2. The minimum atomic E-state index is -3.90. The molecule has 138 valence electrons. The zero-order valence-electron chi connectivity index (χ0n) is 13.9. The predicted octanol–water partition coefficient (Wildman–Crippen LogP) is 2.55. The third-order valence-electron chi connectivity index (χ3n) is 4.31. The summed E-state index contributed by atoms with van der Waals surface area (Å²) in [6.45, 7) is 0.840. The first-order valence-electron chi connectivity index (χ1n) is 8.15. The third kappa shape index (κ3) is 4.06. The first kappa shape index (κ1) is 18.8. The Morgan fingerprint density at radius 3 is 2.23 bits per heavy atom. The molecule has 1 saturated heterocycles. The lowest BCUT2D eigenvalue weighted by Gasteiger charge is -2.34. The number of sulfonamides is 1. The van der Waals surface area contributed by atoms with Crippen molar-refractivity contribution in [3.8, 4) is 0 Å². The van der Waals surface area contributed by atoms with Crippen LogP contribution in [0.25, 0.3) is 0 Å². The highest BCUT2D eigenvalue weighted by atomic mass is 35.5. The quantitative estimate of drug-likeness (QED) is 0.798. The third-order valence-corrected chi connectivity index (χ3v) is 6.50. The molecule has 2 aromatic carbocycles. The van der Waals surface area contributed by atoms with Gasteiger partial charge in [0.1, 0.15) is 10.7 Å². The number of hydrogen-bond donors (Lipinski definition) is 0. The second kappa shape index (κ2) is 7.73. The lowest BCUT2D eigenvalue weighted by Crippen LogP contribution is -2.51. The fraction of sp³-hybridized carbons (Fsp3) is 0.278. The fourth-order valence-electron chi connectivity index (χ4n) is 2.86. The SMILES string of the molecule is O=C(Cc1ccc(Cl)cc1)N1CCN(S(=O)(=O)c2ccccc2F)CC1. The van der Waals surface area contributed by atoms with Gasteiger partial charge >= 0.3 is 0 Å². The van der Waals surface area contributed by atoms with Crippen LogP contribution in [0.4, 0.5) is 4.39 Å². The van der Waals surface area contributed by atoms with E-state index in [1.807, 2.05) is 0 Å². The van der Waals surface area contributed by atoms with Gasteiger partial charge in [0.25, 0.3) is 0 Å². The molecular weight excluding hydrogens is 379 g/mol. The standard InChI is InChI=1S/C18H18ClFN2O3S/c19-15-7-5-14(6-8-15)13-18(23)21-9-11-22(12-10-21)26(24,25)17-4-2-1-3-16(17)20/h1-8H,9-13H2. The fourth-order valence-corrected chi connectivity index (χ4v) is 4.47. The molecule has 1 aliphatic heterocycles. The maximum absolute atomic E-state index is 13.8. The smallest absolute Gasteiger partial charge is 0.246 e. The second-order valence-corrected chi connectivity index (χ2v) is 8.36. The van der Waals surface area contributed by atoms with E-state index in [-0.39, 0.29) is 43.4 Å². The van der Waals surface area contributed by atoms with Crippen LogP contribution in [-0.4, -0.2) is 49.7 Å². The summed E-state index contributed by atoms with van der Waals surface area (Å²) in [6.07, 6.45) is 0.233. The summed E-state index contributed by atoms with van der Waals surface area (Å²) in [7, 11) is -3.90. The van der Waals surface area contributed by atoms with Crippen molar-refractivity contribution in [3.05, 3.63) is 64.9 Å². The maximum Gasteiger partial charge on any atom is 0.246 e. The van der Waals surface area contributed by atoms with E-state index in [1.165, 1.54) is 22.5 Å². The number of nitrogens with zero attached hydrogens (tertiary/aromatic N) is 2. The van der Waals surface area contributed by atoms with Gasteiger partial charge in [-0.2, -0.15) is 4.31 Å². The number of carbonyl (C=O) groups excluding carboxylic acids is 1. The minimum Gasteiger partial charge on any atom is -0.340 e. The number of piperazine rings is 1. The van der Waals surface area contributed by atoms with Crippen molar-refractivity contribution in [2.75, 3.05) is 26.2 Å². The van der Waals surface area contributed by atoms with Crippen LogP contribution in [0.5, 0.6) is 0 Å². The summed E-state index contributed by atoms with van der Waals surface area (Å²) in [5.41, 5.74) is 0.848. The van der Waals surface area contributed by atoms with E-state index in [0.29, 0.717) is 5.02 Å². The predicted molar refractivity (Wildman–Crippen MR) is 96.9 cm³/mol. The van der Waals surface area contributed by atoms with E-state index in [2.05, 4.69) is 0 Å². The molecular formula is C18H18ClFN2O3S. The zero-order chi connectivity index (χ0) is 18.7. The first-order valence-corrected chi connectivity index (χ1v) is 9.96. The Kier molecular flexibility index (Phi) is 5.60. The van der Waals surface area contributed by atoms with E-state index < -0.39 is 15.8 Å². The molecule has 0 aliphatic carbocycles. The van der Waals surface area contributed by atoms with Gasteiger partial charge in [-0.1, -0.05) is 35.9 Å². The Morgan fingerprint density at radius 1 is 1.00 bits per heavy atom. The van der Waals surface area contributed by atoms with Gasteiger partial charge in [-0.15, -0.1) is 0 Å². The molecule has 1 heterocycles. The molecule has 0 saturated carbocycles. The average Bonchev–Trinajstić information content (AvgIpc) is 2.64. The molecule has 0 radical (unpaired) electrons. The largest absolute Gasteiger partial charge is 0.340 e. The summed E-state index contributed by atoms with van der Waals surface area (Å²) >= 11 is 5.83. The molecule has 1 amide bonds. The number of carbonyl (C=O) groups is 1. The molecule has 0 unspecified atom stereocenters. The van der Waals surface area contributed by atoms with Crippen LogP contribution in [0.1, 0.15) is 5.56 Å². The molecule has 2 aromatic rings. The Labute approximate surface area is 157 Å². The minimum absolute atomic E-state index is 0.0738. The van der Waals surface area contributed by atoms with Crippen LogP contribution < -0.4 is 0 Å². The van der Waals surface area contributed by atoms with Gasteiger partial charge in [-0.05, 0) is 29.8 Å². The van der Waals surface area contributed by atoms with Crippen LogP contribution in [0.3, 0.4) is 0 Å². The van der Waals surface area contributed by atoms with Crippen molar-refractivity contribution in [2.24, 2.45) is 0 Å². The highest BCUT2D eigenvalue weighted by molar-refractivity contribution is 7.89. The second-order valence-electron chi connectivity index (χ2n) is 6.02. The first-order chi connectivity index (χ1) is 12.4. The molecule has 8 heteroatoms. The summed E-state index contributed by atoms with van der Waals surface area (Å²) in [5, 5.41) is 0.605. The summed E-state index contributed by atoms with van der Waals surface area (Å²) in [6, 6.07) is 12.3. The van der Waals surface area contributed by atoms with E-state index in [9.17, 15) is 17.6 Å². The van der Waals surface area contributed by atoms with Gasteiger partial charge in [0, 0.05) is 31.2 Å². The lowest BCUT2D eigenvalue weighted by atomic mass is 10.1. The van der Waals surface area contributed by atoms with Gasteiger partial charge in [-0.3, -0.25) is 4.79 Å². The molecule has 0 aromatic heterocycles. The summed E-state index contributed by atoms with van der Waals surface area (Å²) in [5.74, 6) is -0.844. The summed E-state index contributed by atoms with van der Waals surface area (Å²) < 4.78 is 40.2. The molecule has 0 N–H and O–H groups in total. The molecule has 0 bridgehead atoms. The van der Waals surface area contributed by atoms with Crippen LogP contribution in [0.2, 0.25) is 5.02 Å². The number of benzene rings is 2. The van der Waals surface area contributed by atoms with Gasteiger partial charge < -0.3 is 4.90 Å². The van der Waals surface area contributed by atoms with Crippen LogP contribution in [0.15, 0.2) is 53.4 Å². The average molecular weight is 397 g/mol. The Bertz CT molecular complexity index is 895. The summed E-state index contributed by atoms with van der Waals surface area (Å²) in [4.78, 5) is 13.7. The molecule has 1 fully saturated rings. The van der Waals surface area contributed by atoms with Crippen molar-refractivity contribution >= 4 is 27.5 Å². The maximum atomic E-state index is 13.8. The van der Waals surface area contributed by atoms with Crippen LogP contribution >= 0.6 is 11.6 Å². The Balaban J connectivity index is 1.62. The van der Waals surface area contributed by atoms with Crippen LogP contribution in [0, 0.1) is 5.82 Å². The van der Waals surface area contributed by atoms with Crippen molar-refractivity contribution in [2.45, 2.75) is 11.3 Å². The Morgan fingerprint density at radius 2 is 1.62 bits per heavy atom. The molecule has 5 nitrogen and oxygen atoms in total. The van der Waals surface area contributed by atoms with E-state index in [1.54, 1.807) is 29.2 Å². The highest BCUT2D eigenvalue weighted by Crippen LogP contribution is 2.20. The van der Waals surface area contributed by atoms with Gasteiger partial charge in [0.05, 0.1) is 6.42 Å². The van der Waals surface area contributed by atoms with Crippen molar-refractivity contribution in [1.29, 1.82) is 0 Å². The van der Waals surface area contributed by atoms with E-state index in [0.717, 1.165) is 11.6 Å². The topological polar surface area (TPSA) is 57.7 Å². The molecule has 3 rings (SSSR count).